The lowest BCUT2D eigenvalue weighted by Crippen LogP contribution is -2.44. The van der Waals surface area contributed by atoms with Gasteiger partial charge in [-0.2, -0.15) is 0 Å². The summed E-state index contributed by atoms with van der Waals surface area (Å²) in [6, 6.07) is 11.8. The molecule has 5 heteroatoms. The van der Waals surface area contributed by atoms with E-state index in [9.17, 15) is 5.11 Å². The van der Waals surface area contributed by atoms with E-state index in [0.717, 1.165) is 29.9 Å². The van der Waals surface area contributed by atoms with Gasteiger partial charge in [-0.15, -0.1) is 0 Å². The SMILES string of the molecule is NCC1OC(Cc2cc(-c3ccccc3)on2)CCC1O. The van der Waals surface area contributed by atoms with Crippen LogP contribution in [0.25, 0.3) is 11.3 Å². The minimum absolute atomic E-state index is 0.0377. The largest absolute Gasteiger partial charge is 0.390 e. The van der Waals surface area contributed by atoms with Gasteiger partial charge in [0, 0.05) is 24.6 Å². The monoisotopic (exact) mass is 288 g/mol. The van der Waals surface area contributed by atoms with E-state index >= 15 is 0 Å². The lowest BCUT2D eigenvalue weighted by molar-refractivity contribution is -0.111. The summed E-state index contributed by atoms with van der Waals surface area (Å²) in [5, 5.41) is 13.9. The maximum absolute atomic E-state index is 9.77. The van der Waals surface area contributed by atoms with Crippen LogP contribution in [-0.4, -0.2) is 35.1 Å². The molecule has 2 heterocycles. The molecule has 21 heavy (non-hydrogen) atoms. The molecule has 1 fully saturated rings. The van der Waals surface area contributed by atoms with Crippen LogP contribution in [0.15, 0.2) is 40.9 Å². The minimum Gasteiger partial charge on any atom is -0.390 e. The van der Waals surface area contributed by atoms with Gasteiger partial charge in [-0.05, 0) is 12.8 Å². The molecule has 1 aliphatic heterocycles. The first-order chi connectivity index (χ1) is 10.3. The van der Waals surface area contributed by atoms with Crippen molar-refractivity contribution in [3.05, 3.63) is 42.1 Å². The summed E-state index contributed by atoms with van der Waals surface area (Å²) in [5.41, 5.74) is 7.49. The van der Waals surface area contributed by atoms with Crippen molar-refractivity contribution in [2.24, 2.45) is 5.73 Å². The highest BCUT2D eigenvalue weighted by Crippen LogP contribution is 2.24. The Hall–Kier alpha value is -1.69. The van der Waals surface area contributed by atoms with Crippen LogP contribution < -0.4 is 5.73 Å². The van der Waals surface area contributed by atoms with Gasteiger partial charge >= 0.3 is 0 Å². The summed E-state index contributed by atoms with van der Waals surface area (Å²) in [6.45, 7) is 0.339. The van der Waals surface area contributed by atoms with Gasteiger partial charge in [0.2, 0.25) is 0 Å². The molecule has 5 nitrogen and oxygen atoms in total. The fourth-order valence-electron chi connectivity index (χ4n) is 2.69. The zero-order valence-corrected chi connectivity index (χ0v) is 11.8. The topological polar surface area (TPSA) is 81.5 Å². The number of nitrogens with two attached hydrogens (primary N) is 1. The van der Waals surface area contributed by atoms with Gasteiger partial charge in [-0.1, -0.05) is 35.5 Å². The maximum Gasteiger partial charge on any atom is 0.167 e. The standard InChI is InChI=1S/C16H20N2O3/c17-10-16-14(19)7-6-13(20-16)8-12-9-15(21-18-12)11-4-2-1-3-5-11/h1-5,9,13-14,16,19H,6-8,10,17H2. The molecule has 2 aromatic rings. The predicted octanol–water partition coefficient (Wildman–Crippen LogP) is 1.75. The van der Waals surface area contributed by atoms with E-state index in [1.165, 1.54) is 0 Å². The third-order valence-corrected chi connectivity index (χ3v) is 3.87. The van der Waals surface area contributed by atoms with Crippen molar-refractivity contribution in [2.45, 2.75) is 37.6 Å². The van der Waals surface area contributed by atoms with Gasteiger partial charge in [0.25, 0.3) is 0 Å². The van der Waals surface area contributed by atoms with Crippen LogP contribution >= 0.6 is 0 Å². The van der Waals surface area contributed by atoms with E-state index in [1.807, 2.05) is 36.4 Å². The molecule has 3 rings (SSSR count). The van der Waals surface area contributed by atoms with Crippen molar-refractivity contribution in [1.29, 1.82) is 0 Å². The molecule has 3 unspecified atom stereocenters. The average molecular weight is 288 g/mol. The molecule has 0 saturated carbocycles. The Balaban J connectivity index is 1.65. The van der Waals surface area contributed by atoms with Crippen molar-refractivity contribution in [3.63, 3.8) is 0 Å². The predicted molar refractivity (Wildman–Crippen MR) is 78.6 cm³/mol. The van der Waals surface area contributed by atoms with Gasteiger partial charge in [0.1, 0.15) is 0 Å². The summed E-state index contributed by atoms with van der Waals surface area (Å²) < 4.78 is 11.2. The Kier molecular flexibility index (Phi) is 4.34. The first-order valence-corrected chi connectivity index (χ1v) is 7.31. The van der Waals surface area contributed by atoms with Crippen LogP contribution in [0.5, 0.6) is 0 Å². The maximum atomic E-state index is 9.77. The van der Waals surface area contributed by atoms with Crippen LogP contribution in [-0.2, 0) is 11.2 Å². The molecule has 1 aromatic carbocycles. The summed E-state index contributed by atoms with van der Waals surface area (Å²) in [5.74, 6) is 0.761. The third kappa shape index (κ3) is 3.32. The molecule has 1 aliphatic rings. The van der Waals surface area contributed by atoms with Crippen LogP contribution in [0, 0.1) is 0 Å². The van der Waals surface area contributed by atoms with Crippen LogP contribution in [0.2, 0.25) is 0 Å². The van der Waals surface area contributed by atoms with E-state index in [0.29, 0.717) is 13.0 Å². The summed E-state index contributed by atoms with van der Waals surface area (Å²) in [6.07, 6.45) is 1.52. The van der Waals surface area contributed by atoms with Crippen molar-refractivity contribution < 1.29 is 14.4 Å². The first-order valence-electron chi connectivity index (χ1n) is 7.31. The number of hydrogen-bond acceptors (Lipinski definition) is 5. The van der Waals surface area contributed by atoms with E-state index in [-0.39, 0.29) is 12.2 Å². The quantitative estimate of drug-likeness (QED) is 0.895. The van der Waals surface area contributed by atoms with Gasteiger partial charge < -0.3 is 20.1 Å². The van der Waals surface area contributed by atoms with Gasteiger partial charge in [0.05, 0.1) is 24.0 Å². The fourth-order valence-corrected chi connectivity index (χ4v) is 2.69. The minimum atomic E-state index is -0.455. The second kappa shape index (κ2) is 6.39. The van der Waals surface area contributed by atoms with Gasteiger partial charge in [0.15, 0.2) is 5.76 Å². The van der Waals surface area contributed by atoms with Crippen molar-refractivity contribution >= 4 is 0 Å². The number of rotatable bonds is 4. The summed E-state index contributed by atoms with van der Waals surface area (Å²) in [7, 11) is 0. The van der Waals surface area contributed by atoms with Crippen LogP contribution in [0.1, 0.15) is 18.5 Å². The fraction of sp³-hybridized carbons (Fsp3) is 0.438. The Morgan fingerprint density at radius 2 is 2.05 bits per heavy atom. The average Bonchev–Trinajstić information content (AvgIpc) is 2.98. The smallest absolute Gasteiger partial charge is 0.167 e. The molecule has 0 spiro atoms. The Labute approximate surface area is 123 Å². The van der Waals surface area contributed by atoms with Crippen LogP contribution in [0.4, 0.5) is 0 Å². The number of aromatic nitrogens is 1. The molecule has 0 bridgehead atoms. The highest BCUT2D eigenvalue weighted by molar-refractivity contribution is 5.56. The number of aliphatic hydroxyl groups is 1. The van der Waals surface area contributed by atoms with E-state index in [2.05, 4.69) is 5.16 Å². The molecular formula is C16H20N2O3. The second-order valence-corrected chi connectivity index (χ2v) is 5.43. The molecule has 1 aromatic heterocycles. The summed E-state index contributed by atoms with van der Waals surface area (Å²) >= 11 is 0. The number of ether oxygens (including phenoxy) is 1. The molecule has 0 amide bonds. The highest BCUT2D eigenvalue weighted by Gasteiger charge is 2.29. The van der Waals surface area contributed by atoms with Crippen molar-refractivity contribution in [2.75, 3.05) is 6.54 Å². The first kappa shape index (κ1) is 14.3. The van der Waals surface area contributed by atoms with Crippen molar-refractivity contribution in [3.8, 4) is 11.3 Å². The van der Waals surface area contributed by atoms with Crippen LogP contribution in [0.3, 0.4) is 0 Å². The van der Waals surface area contributed by atoms with Gasteiger partial charge in [-0.25, -0.2) is 0 Å². The third-order valence-electron chi connectivity index (χ3n) is 3.87. The van der Waals surface area contributed by atoms with E-state index in [1.54, 1.807) is 0 Å². The highest BCUT2D eigenvalue weighted by atomic mass is 16.5. The lowest BCUT2D eigenvalue weighted by atomic mass is 9.98. The second-order valence-electron chi connectivity index (χ2n) is 5.43. The normalized spacial score (nSPS) is 25.9. The zero-order valence-electron chi connectivity index (χ0n) is 11.8. The Bertz CT molecular complexity index is 570. The number of benzene rings is 1. The summed E-state index contributed by atoms with van der Waals surface area (Å²) in [4.78, 5) is 0. The molecular weight excluding hydrogens is 268 g/mol. The number of nitrogens with zero attached hydrogens (tertiary/aromatic N) is 1. The molecule has 0 aliphatic carbocycles. The molecule has 112 valence electrons. The van der Waals surface area contributed by atoms with E-state index < -0.39 is 6.10 Å². The molecule has 1 saturated heterocycles. The number of hydrogen-bond donors (Lipinski definition) is 2. The Morgan fingerprint density at radius 1 is 1.24 bits per heavy atom. The zero-order chi connectivity index (χ0) is 14.7. The van der Waals surface area contributed by atoms with Crippen molar-refractivity contribution in [1.82, 2.24) is 5.16 Å². The molecule has 3 atom stereocenters. The lowest BCUT2D eigenvalue weighted by Gasteiger charge is -2.32. The van der Waals surface area contributed by atoms with E-state index in [4.69, 9.17) is 15.0 Å². The number of aliphatic hydroxyl groups excluding tert-OH is 1. The van der Waals surface area contributed by atoms with Gasteiger partial charge in [-0.3, -0.25) is 0 Å². The Morgan fingerprint density at radius 3 is 2.81 bits per heavy atom. The molecule has 0 radical (unpaired) electrons. The molecule has 3 N–H and O–H groups in total.